The molecule has 0 aliphatic heterocycles. The Morgan fingerprint density at radius 2 is 1.11 bits per heavy atom. The summed E-state index contributed by atoms with van der Waals surface area (Å²) in [5.41, 5.74) is 17.3. The number of halogens is 2. The molecule has 20 nitrogen and oxygen atoms in total. The minimum atomic E-state index is -0.392. The maximum atomic E-state index is 11.9. The van der Waals surface area contributed by atoms with Crippen molar-refractivity contribution in [2.75, 3.05) is 89.3 Å². The molecule has 0 unspecified atom stereocenters. The number of anilines is 5. The molecular weight excluding hydrogens is 967 g/mol. The fourth-order valence-corrected chi connectivity index (χ4v) is 7.68. The van der Waals surface area contributed by atoms with Gasteiger partial charge in [0.15, 0.2) is 0 Å². The highest BCUT2D eigenvalue weighted by atomic mass is 35.5. The summed E-state index contributed by atoms with van der Waals surface area (Å²) in [5, 5.41) is 35.2. The van der Waals surface area contributed by atoms with Crippen LogP contribution < -0.4 is 20.9 Å². The first kappa shape index (κ1) is 60.4. The van der Waals surface area contributed by atoms with E-state index in [2.05, 4.69) is 44.3 Å². The van der Waals surface area contributed by atoms with Gasteiger partial charge >= 0.3 is 0 Å². The lowest BCUT2D eigenvalue weighted by atomic mass is 10.1. The Morgan fingerprint density at radius 1 is 0.649 bits per heavy atom. The highest BCUT2D eigenvalue weighted by Crippen LogP contribution is 2.36. The molecule has 0 atom stereocenters. The van der Waals surface area contributed by atoms with Crippen LogP contribution >= 0.6 is 11.6 Å². The smallest absolute Gasteiger partial charge is 0.294 e. The number of nitrogens with zero attached hydrogens (tertiary/aromatic N) is 14. The molecule has 8 rings (SSSR count). The van der Waals surface area contributed by atoms with Gasteiger partial charge in [0.1, 0.15) is 11.4 Å². The summed E-state index contributed by atoms with van der Waals surface area (Å²) in [6.45, 7) is 10.9. The number of benzene rings is 2. The Labute approximate surface area is 437 Å². The second kappa shape index (κ2) is 27.3. The molecule has 8 aromatic rings. The van der Waals surface area contributed by atoms with Crippen molar-refractivity contribution in [1.29, 1.82) is 0 Å². The van der Waals surface area contributed by atoms with Gasteiger partial charge in [-0.3, -0.25) is 24.9 Å². The maximum Gasteiger partial charge on any atom is 0.294 e. The Morgan fingerprint density at radius 3 is 1.58 bits per heavy atom. The van der Waals surface area contributed by atoms with Crippen LogP contribution in [0, 0.1) is 34.1 Å². The maximum absolute atomic E-state index is 11.9. The van der Waals surface area contributed by atoms with Crippen LogP contribution in [-0.4, -0.2) is 127 Å². The Kier molecular flexibility index (Phi) is 22.3. The number of rotatable bonds is 16. The number of aryl methyl sites for hydroxylation is 4. The van der Waals surface area contributed by atoms with E-state index < -0.39 is 4.92 Å². The third kappa shape index (κ3) is 14.6. The SMILES string of the molecule is C.C.CCc1cnc(Cl)nc1-c1cnn2ccccc12.CCc1cnc(Nc2cc([N+](=O)[O-])c(N(C)CCN(C)C)cc2C)nc1-c1cnn2ccccc12.Cc1cc(N(C)CCN(C)C)c([N+](=O)[O-])cc1N.F. The summed E-state index contributed by atoms with van der Waals surface area (Å²) in [4.78, 5) is 47.7. The first-order valence-corrected chi connectivity index (χ1v) is 23.3. The normalized spacial score (nSPS) is 10.6. The average molecular weight is 1040 g/mol. The minimum Gasteiger partial charge on any atom is -0.398 e. The zero-order chi connectivity index (χ0) is 51.5. The highest BCUT2D eigenvalue weighted by Gasteiger charge is 2.22. The van der Waals surface area contributed by atoms with Gasteiger partial charge in [-0.05, 0) is 125 Å². The fraction of sp³-hybridized carbons (Fsp3) is 0.346. The van der Waals surface area contributed by atoms with Gasteiger partial charge in [-0.1, -0.05) is 40.8 Å². The average Bonchev–Trinajstić information content (AvgIpc) is 3.99. The van der Waals surface area contributed by atoms with Crippen molar-refractivity contribution in [2.45, 2.75) is 55.4 Å². The van der Waals surface area contributed by atoms with Crippen LogP contribution in [-0.2, 0) is 12.8 Å². The molecule has 74 heavy (non-hydrogen) atoms. The van der Waals surface area contributed by atoms with E-state index in [-0.39, 0.29) is 41.1 Å². The third-order valence-corrected chi connectivity index (χ3v) is 11.9. The van der Waals surface area contributed by atoms with Gasteiger partial charge in [-0.25, -0.2) is 29.0 Å². The van der Waals surface area contributed by atoms with Crippen molar-refractivity contribution in [2.24, 2.45) is 0 Å². The van der Waals surface area contributed by atoms with Crippen LogP contribution in [0.5, 0.6) is 0 Å². The van der Waals surface area contributed by atoms with E-state index in [0.717, 1.165) is 88.3 Å². The number of nitro benzene ring substituents is 2. The van der Waals surface area contributed by atoms with Gasteiger partial charge in [0, 0.05) is 94.0 Å². The summed E-state index contributed by atoms with van der Waals surface area (Å²) in [6, 6.07) is 18.4. The molecule has 396 valence electrons. The number of nitrogen functional groups attached to an aromatic ring is 1. The van der Waals surface area contributed by atoms with Crippen molar-refractivity contribution >= 4 is 62.7 Å². The predicted molar refractivity (Wildman–Crippen MR) is 299 cm³/mol. The number of nitro groups is 2. The highest BCUT2D eigenvalue weighted by molar-refractivity contribution is 6.28. The molecule has 0 aliphatic rings. The Bertz CT molecular complexity index is 3150. The van der Waals surface area contributed by atoms with Crippen LogP contribution in [0.4, 0.5) is 44.8 Å². The molecule has 0 radical (unpaired) electrons. The second-order valence-corrected chi connectivity index (χ2v) is 17.7. The van der Waals surface area contributed by atoms with Gasteiger partial charge in [0.2, 0.25) is 11.2 Å². The van der Waals surface area contributed by atoms with E-state index in [1.165, 1.54) is 6.07 Å². The number of nitrogens with two attached hydrogens (primary N) is 1. The third-order valence-electron chi connectivity index (χ3n) is 11.7. The Balaban J connectivity index is 0.000000314. The number of hydrogen-bond donors (Lipinski definition) is 2. The largest absolute Gasteiger partial charge is 0.398 e. The summed E-state index contributed by atoms with van der Waals surface area (Å²) in [6.07, 6.45) is 12.6. The summed E-state index contributed by atoms with van der Waals surface area (Å²) < 4.78 is 3.63. The van der Waals surface area contributed by atoms with E-state index in [0.29, 0.717) is 35.2 Å². The quantitative estimate of drug-likeness (QED) is 0.0397. The van der Waals surface area contributed by atoms with Gasteiger partial charge in [0.05, 0.1) is 50.3 Å². The summed E-state index contributed by atoms with van der Waals surface area (Å²) in [5.74, 6) is 0.374. The minimum absolute atomic E-state index is 0. The van der Waals surface area contributed by atoms with E-state index in [9.17, 15) is 20.2 Å². The first-order valence-electron chi connectivity index (χ1n) is 23.0. The second-order valence-electron chi connectivity index (χ2n) is 17.4. The number of aromatic nitrogens is 8. The molecule has 0 saturated heterocycles. The lowest BCUT2D eigenvalue weighted by molar-refractivity contribution is -0.384. The van der Waals surface area contributed by atoms with E-state index >= 15 is 0 Å². The monoisotopic (exact) mass is 1040 g/mol. The number of fused-ring (bicyclic) bond motifs is 2. The molecule has 0 spiro atoms. The van der Waals surface area contributed by atoms with Crippen molar-refractivity contribution in [3.63, 3.8) is 0 Å². The topological polar surface area (TPSA) is 223 Å². The lowest BCUT2D eigenvalue weighted by Crippen LogP contribution is -2.29. The van der Waals surface area contributed by atoms with Crippen LogP contribution in [0.3, 0.4) is 0 Å². The molecule has 2 aromatic carbocycles. The number of pyridine rings is 2. The van der Waals surface area contributed by atoms with Crippen LogP contribution in [0.2, 0.25) is 5.28 Å². The van der Waals surface area contributed by atoms with Gasteiger partial charge in [-0.2, -0.15) is 10.2 Å². The predicted octanol–water partition coefficient (Wildman–Crippen LogP) is 10.2. The van der Waals surface area contributed by atoms with Crippen molar-refractivity contribution in [3.8, 4) is 22.5 Å². The van der Waals surface area contributed by atoms with Crippen LogP contribution in [0.1, 0.15) is 51.0 Å². The number of likely N-dealkylation sites (N-methyl/N-ethyl adjacent to an activating group) is 4. The molecule has 6 aromatic heterocycles. The molecule has 3 N–H and O–H groups in total. The number of hydrogen-bond acceptors (Lipinski definition) is 16. The number of nitrogens with one attached hydrogen (secondary N) is 1. The van der Waals surface area contributed by atoms with Gasteiger partial charge < -0.3 is 30.7 Å². The Hall–Kier alpha value is -7.88. The molecule has 0 amide bonds. The molecule has 0 bridgehead atoms. The van der Waals surface area contributed by atoms with Gasteiger partial charge in [0.25, 0.3) is 11.4 Å². The van der Waals surface area contributed by atoms with Crippen molar-refractivity contribution in [1.82, 2.24) is 49.0 Å². The van der Waals surface area contributed by atoms with Crippen molar-refractivity contribution in [3.05, 3.63) is 146 Å². The van der Waals surface area contributed by atoms with E-state index in [1.807, 2.05) is 146 Å². The standard InChI is InChI=1S/C25H30N8O2.C13H11ClN4.C12H20N4O2.2CH4.FH/c1-6-18-15-26-25(29-24(18)19-16-27-32-10-8-7-9-21(19)32)28-20-14-23(33(34)35)22(13-17(20)2)31(5)12-11-30(3)4;1-2-9-7-15-13(14)17-12(9)10-8-16-18-6-4-3-5-11(10)18;1-9-7-11(15(4)6-5-14(2)3)12(16(17)18)8-10(9)13;;;/h7-10,13-16H,6,11-12H2,1-5H3,(H,26,28,29);3-8H,2H2,1H3;7-8H,5-6,13H2,1-4H3;2*1H4;1H. The zero-order valence-electron chi connectivity index (χ0n) is 42.2. The molecule has 6 heterocycles. The van der Waals surface area contributed by atoms with E-state index in [4.69, 9.17) is 22.3 Å². The zero-order valence-corrected chi connectivity index (χ0v) is 43.0. The van der Waals surface area contributed by atoms with Gasteiger partial charge in [-0.15, -0.1) is 0 Å². The van der Waals surface area contributed by atoms with Crippen LogP contribution in [0.25, 0.3) is 33.5 Å². The van der Waals surface area contributed by atoms with Crippen molar-refractivity contribution < 1.29 is 14.6 Å². The molecule has 0 aliphatic carbocycles. The molecule has 0 saturated carbocycles. The molecule has 22 heteroatoms. The fourth-order valence-electron chi connectivity index (χ4n) is 7.55. The first-order chi connectivity index (χ1) is 33.9. The summed E-state index contributed by atoms with van der Waals surface area (Å²) >= 11 is 5.89. The molecular formula is C52H70ClFN16O4. The lowest BCUT2D eigenvalue weighted by Gasteiger charge is -2.22. The molecule has 0 fully saturated rings. The van der Waals surface area contributed by atoms with Crippen LogP contribution in [0.15, 0.2) is 97.8 Å². The van der Waals surface area contributed by atoms with E-state index in [1.54, 1.807) is 30.7 Å². The summed E-state index contributed by atoms with van der Waals surface area (Å²) in [7, 11) is 11.6.